The van der Waals surface area contributed by atoms with Crippen LogP contribution in [-0.4, -0.2) is 49.6 Å². The maximum atomic E-state index is 5.56. The van der Waals surface area contributed by atoms with Crippen molar-refractivity contribution in [1.29, 1.82) is 0 Å². The Hall–Kier alpha value is -2.00. The fraction of sp³-hybridized carbons (Fsp3) is 0.381. The van der Waals surface area contributed by atoms with E-state index in [1.807, 2.05) is 26.2 Å². The molecule has 0 saturated carbocycles. The van der Waals surface area contributed by atoms with Crippen LogP contribution in [0.4, 0.5) is 0 Å². The number of fused-ring (bicyclic) bond motifs is 1. The molecule has 0 radical (unpaired) electrons. The molecule has 2 aromatic heterocycles. The van der Waals surface area contributed by atoms with E-state index in [-0.39, 0.29) is 30.0 Å². The van der Waals surface area contributed by atoms with E-state index >= 15 is 0 Å². The summed E-state index contributed by atoms with van der Waals surface area (Å²) < 4.78 is 5.56. The monoisotopic (exact) mass is 495 g/mol. The van der Waals surface area contributed by atoms with Crippen molar-refractivity contribution in [2.75, 3.05) is 33.7 Å². The predicted octanol–water partition coefficient (Wildman–Crippen LogP) is 3.78. The van der Waals surface area contributed by atoms with E-state index in [4.69, 9.17) is 9.41 Å². The fourth-order valence-corrected chi connectivity index (χ4v) is 3.16. The number of H-pyrrole nitrogens is 1. The highest BCUT2D eigenvalue weighted by Crippen LogP contribution is 2.19. The van der Waals surface area contributed by atoms with Crippen molar-refractivity contribution in [3.63, 3.8) is 0 Å². The molecule has 28 heavy (non-hydrogen) atoms. The lowest BCUT2D eigenvalue weighted by Gasteiger charge is -2.21. The maximum Gasteiger partial charge on any atom is 0.191 e. The zero-order valence-electron chi connectivity index (χ0n) is 16.7. The first-order valence-corrected chi connectivity index (χ1v) is 9.46. The number of nitrogens with one attached hydrogen (secondary N) is 3. The Kier molecular flexibility index (Phi) is 8.85. The summed E-state index contributed by atoms with van der Waals surface area (Å²) >= 11 is 0. The van der Waals surface area contributed by atoms with Crippen LogP contribution in [0.1, 0.15) is 24.3 Å². The average molecular weight is 495 g/mol. The van der Waals surface area contributed by atoms with Gasteiger partial charge in [-0.05, 0) is 51.2 Å². The summed E-state index contributed by atoms with van der Waals surface area (Å²) in [6.45, 7) is 4.35. The molecule has 3 rings (SSSR count). The molecule has 0 saturated heterocycles. The summed E-state index contributed by atoms with van der Waals surface area (Å²) in [5.74, 6) is 1.76. The molecule has 0 bridgehead atoms. The average Bonchev–Trinajstić information content (AvgIpc) is 3.32. The van der Waals surface area contributed by atoms with E-state index in [2.05, 4.69) is 57.9 Å². The van der Waals surface area contributed by atoms with Gasteiger partial charge in [-0.15, -0.1) is 24.0 Å². The lowest BCUT2D eigenvalue weighted by Crippen LogP contribution is -2.39. The van der Waals surface area contributed by atoms with Gasteiger partial charge in [0, 0.05) is 30.2 Å². The third-order valence-corrected chi connectivity index (χ3v) is 4.62. The molecule has 152 valence electrons. The SMILES string of the molecule is CCNC(=NCC(c1ccco1)N(C)C)NCCc1c[nH]c2ccccc12.I. The summed E-state index contributed by atoms with van der Waals surface area (Å²) in [6, 6.07) is 12.4. The molecular weight excluding hydrogens is 465 g/mol. The van der Waals surface area contributed by atoms with Crippen molar-refractivity contribution in [3.05, 3.63) is 60.2 Å². The molecular formula is C21H30IN5O. The second-order valence-electron chi connectivity index (χ2n) is 6.75. The Labute approximate surface area is 183 Å². The van der Waals surface area contributed by atoms with E-state index < -0.39 is 0 Å². The number of benzene rings is 1. The van der Waals surface area contributed by atoms with Crippen LogP contribution in [0.5, 0.6) is 0 Å². The van der Waals surface area contributed by atoms with Crippen LogP contribution >= 0.6 is 24.0 Å². The number of para-hydroxylation sites is 1. The molecule has 2 heterocycles. The number of halogens is 1. The van der Waals surface area contributed by atoms with Crippen LogP contribution in [-0.2, 0) is 6.42 Å². The molecule has 7 heteroatoms. The van der Waals surface area contributed by atoms with Gasteiger partial charge in [-0.1, -0.05) is 18.2 Å². The topological polar surface area (TPSA) is 68.6 Å². The van der Waals surface area contributed by atoms with Crippen molar-refractivity contribution in [3.8, 4) is 0 Å². The molecule has 0 aliphatic carbocycles. The van der Waals surface area contributed by atoms with Crippen LogP contribution in [0.15, 0.2) is 58.3 Å². The first-order chi connectivity index (χ1) is 13.2. The first kappa shape index (κ1) is 22.3. The Morgan fingerprint density at radius 3 is 2.71 bits per heavy atom. The normalized spacial score (nSPS) is 12.8. The highest BCUT2D eigenvalue weighted by Gasteiger charge is 2.16. The highest BCUT2D eigenvalue weighted by molar-refractivity contribution is 14.0. The molecule has 1 aromatic carbocycles. The number of hydrogen-bond donors (Lipinski definition) is 3. The Balaban J connectivity index is 0.00000280. The summed E-state index contributed by atoms with van der Waals surface area (Å²) in [5, 5.41) is 8.04. The molecule has 3 aromatic rings. The molecule has 0 amide bonds. The van der Waals surface area contributed by atoms with Crippen LogP contribution in [0.3, 0.4) is 0 Å². The minimum Gasteiger partial charge on any atom is -0.468 e. The van der Waals surface area contributed by atoms with Crippen LogP contribution < -0.4 is 10.6 Å². The van der Waals surface area contributed by atoms with Gasteiger partial charge in [0.25, 0.3) is 0 Å². The highest BCUT2D eigenvalue weighted by atomic mass is 127. The van der Waals surface area contributed by atoms with Gasteiger partial charge in [-0.3, -0.25) is 9.89 Å². The predicted molar refractivity (Wildman–Crippen MR) is 127 cm³/mol. The van der Waals surface area contributed by atoms with Gasteiger partial charge in [-0.25, -0.2) is 0 Å². The van der Waals surface area contributed by atoms with Gasteiger partial charge in [-0.2, -0.15) is 0 Å². The largest absolute Gasteiger partial charge is 0.468 e. The smallest absolute Gasteiger partial charge is 0.191 e. The second kappa shape index (κ2) is 11.1. The quantitative estimate of drug-likeness (QED) is 0.253. The maximum absolute atomic E-state index is 5.56. The fourth-order valence-electron chi connectivity index (χ4n) is 3.16. The number of hydrogen-bond acceptors (Lipinski definition) is 3. The van der Waals surface area contributed by atoms with Gasteiger partial charge in [0.05, 0.1) is 18.8 Å². The molecule has 0 aliphatic heterocycles. The van der Waals surface area contributed by atoms with E-state index in [9.17, 15) is 0 Å². The van der Waals surface area contributed by atoms with Crippen molar-refractivity contribution in [2.24, 2.45) is 4.99 Å². The minimum atomic E-state index is 0. The minimum absolute atomic E-state index is 0. The standard InChI is InChI=1S/C21H29N5O.HI/c1-4-22-21(25-15-19(26(2)3)20-10-7-13-27-20)23-12-11-16-14-24-18-9-6-5-8-17(16)18;/h5-10,13-14,19,24H,4,11-12,15H2,1-3H3,(H2,22,23,25);1H. The van der Waals surface area contributed by atoms with Crippen LogP contribution in [0, 0.1) is 0 Å². The number of rotatable bonds is 8. The third kappa shape index (κ3) is 5.75. The second-order valence-corrected chi connectivity index (χ2v) is 6.75. The lowest BCUT2D eigenvalue weighted by atomic mass is 10.1. The van der Waals surface area contributed by atoms with Gasteiger partial charge >= 0.3 is 0 Å². The van der Waals surface area contributed by atoms with E-state index in [0.717, 1.165) is 31.2 Å². The Bertz CT molecular complexity index is 857. The van der Waals surface area contributed by atoms with Gasteiger partial charge in [0.1, 0.15) is 5.76 Å². The molecule has 0 fully saturated rings. The lowest BCUT2D eigenvalue weighted by molar-refractivity contribution is 0.265. The van der Waals surface area contributed by atoms with E-state index in [1.165, 1.54) is 16.5 Å². The third-order valence-electron chi connectivity index (χ3n) is 4.62. The number of likely N-dealkylation sites (N-methyl/N-ethyl adjacent to an activating group) is 1. The number of aromatic nitrogens is 1. The number of aromatic amines is 1. The molecule has 0 aliphatic rings. The van der Waals surface area contributed by atoms with Crippen LogP contribution in [0.25, 0.3) is 10.9 Å². The van der Waals surface area contributed by atoms with Crippen molar-refractivity contribution >= 4 is 40.8 Å². The van der Waals surface area contributed by atoms with Gasteiger partial charge < -0.3 is 20.0 Å². The summed E-state index contributed by atoms with van der Waals surface area (Å²) in [7, 11) is 4.08. The molecule has 3 N–H and O–H groups in total. The molecule has 1 unspecified atom stereocenters. The van der Waals surface area contributed by atoms with E-state index in [1.54, 1.807) is 6.26 Å². The Morgan fingerprint density at radius 2 is 2.00 bits per heavy atom. The van der Waals surface area contributed by atoms with Crippen LogP contribution in [0.2, 0.25) is 0 Å². The number of nitrogens with zero attached hydrogens (tertiary/aromatic N) is 2. The zero-order valence-corrected chi connectivity index (χ0v) is 19.1. The van der Waals surface area contributed by atoms with Crippen molar-refractivity contribution < 1.29 is 4.42 Å². The molecule has 1 atom stereocenters. The van der Waals surface area contributed by atoms with Gasteiger partial charge in [0.2, 0.25) is 0 Å². The Morgan fingerprint density at radius 1 is 1.18 bits per heavy atom. The number of furan rings is 1. The summed E-state index contributed by atoms with van der Waals surface area (Å²) in [4.78, 5) is 10.2. The number of guanidine groups is 1. The first-order valence-electron chi connectivity index (χ1n) is 9.46. The summed E-state index contributed by atoms with van der Waals surface area (Å²) in [6.07, 6.45) is 4.74. The number of aliphatic imine (C=N–C) groups is 1. The van der Waals surface area contributed by atoms with Gasteiger partial charge in [0.15, 0.2) is 5.96 Å². The molecule has 0 spiro atoms. The van der Waals surface area contributed by atoms with Crippen molar-refractivity contribution in [2.45, 2.75) is 19.4 Å². The summed E-state index contributed by atoms with van der Waals surface area (Å²) in [5.41, 5.74) is 2.50. The van der Waals surface area contributed by atoms with Crippen molar-refractivity contribution in [1.82, 2.24) is 20.5 Å². The van der Waals surface area contributed by atoms with E-state index in [0.29, 0.717) is 6.54 Å². The molecule has 6 nitrogen and oxygen atoms in total. The zero-order chi connectivity index (χ0) is 19.1.